The molecular weight excluding hydrogens is 234 g/mol. The maximum atomic E-state index is 4.68. The highest BCUT2D eigenvalue weighted by atomic mass is 14.9. The van der Waals surface area contributed by atoms with E-state index in [0.29, 0.717) is 0 Å². The van der Waals surface area contributed by atoms with Gasteiger partial charge < -0.3 is 4.98 Å². The summed E-state index contributed by atoms with van der Waals surface area (Å²) in [6, 6.07) is 8.38. The van der Waals surface area contributed by atoms with Crippen molar-refractivity contribution in [1.29, 1.82) is 0 Å². The number of fused-ring (bicyclic) bond motifs is 1. The second-order valence-electron chi connectivity index (χ2n) is 5.12. The van der Waals surface area contributed by atoms with Gasteiger partial charge in [0.15, 0.2) is 0 Å². The van der Waals surface area contributed by atoms with Crippen molar-refractivity contribution >= 4 is 11.0 Å². The van der Waals surface area contributed by atoms with Gasteiger partial charge in [0.1, 0.15) is 5.82 Å². The lowest BCUT2D eigenvalue weighted by atomic mass is 10.1. The Kier molecular flexibility index (Phi) is 2.63. The summed E-state index contributed by atoms with van der Waals surface area (Å²) < 4.78 is 0. The fourth-order valence-corrected chi connectivity index (χ4v) is 2.33. The van der Waals surface area contributed by atoms with Crippen molar-refractivity contribution < 1.29 is 0 Å². The third-order valence-corrected chi connectivity index (χ3v) is 3.58. The minimum Gasteiger partial charge on any atom is -0.338 e. The number of aromatic nitrogens is 3. The first-order valence-electron chi connectivity index (χ1n) is 6.46. The average Bonchev–Trinajstić information content (AvgIpc) is 2.72. The van der Waals surface area contributed by atoms with Gasteiger partial charge >= 0.3 is 0 Å². The molecule has 0 aliphatic carbocycles. The maximum Gasteiger partial charge on any atom is 0.140 e. The maximum absolute atomic E-state index is 4.68. The van der Waals surface area contributed by atoms with Crippen molar-refractivity contribution in [2.45, 2.75) is 27.7 Å². The molecule has 1 N–H and O–H groups in total. The van der Waals surface area contributed by atoms with E-state index in [2.05, 4.69) is 47.0 Å². The van der Waals surface area contributed by atoms with E-state index < -0.39 is 0 Å². The van der Waals surface area contributed by atoms with Crippen molar-refractivity contribution in [1.82, 2.24) is 15.0 Å². The third kappa shape index (κ3) is 2.01. The van der Waals surface area contributed by atoms with Crippen molar-refractivity contribution in [2.75, 3.05) is 0 Å². The number of aromatic amines is 1. The molecule has 0 aliphatic heterocycles. The molecule has 96 valence electrons. The van der Waals surface area contributed by atoms with Gasteiger partial charge in [0.05, 0.1) is 11.0 Å². The molecule has 0 unspecified atom stereocenters. The first-order chi connectivity index (χ1) is 9.04. The van der Waals surface area contributed by atoms with E-state index in [-0.39, 0.29) is 0 Å². The lowest BCUT2D eigenvalue weighted by Crippen LogP contribution is -1.91. The summed E-state index contributed by atoms with van der Waals surface area (Å²) in [4.78, 5) is 12.6. The van der Waals surface area contributed by atoms with Crippen molar-refractivity contribution in [3.05, 3.63) is 46.8 Å². The molecule has 0 amide bonds. The van der Waals surface area contributed by atoms with Crippen LogP contribution in [-0.4, -0.2) is 15.0 Å². The topological polar surface area (TPSA) is 41.6 Å². The molecule has 0 bridgehead atoms. The Labute approximate surface area is 112 Å². The van der Waals surface area contributed by atoms with Gasteiger partial charge in [-0.25, -0.2) is 4.98 Å². The molecule has 3 rings (SSSR count). The summed E-state index contributed by atoms with van der Waals surface area (Å²) in [5, 5.41) is 0. The molecule has 19 heavy (non-hydrogen) atoms. The van der Waals surface area contributed by atoms with Crippen molar-refractivity contribution in [3.63, 3.8) is 0 Å². The molecule has 0 fully saturated rings. The number of pyridine rings is 1. The third-order valence-electron chi connectivity index (χ3n) is 3.58. The standard InChI is InChI=1S/C16H17N3/c1-9-7-14-15(8-10(9)2)19-16(18-14)13-6-5-11(3)17-12(13)4/h5-8H,1-4H3,(H,18,19). The molecule has 2 heterocycles. The summed E-state index contributed by atoms with van der Waals surface area (Å²) in [5.41, 5.74) is 7.75. The van der Waals surface area contributed by atoms with Gasteiger partial charge in [0.25, 0.3) is 0 Å². The van der Waals surface area contributed by atoms with Crippen LogP contribution < -0.4 is 0 Å². The van der Waals surface area contributed by atoms with Crippen molar-refractivity contribution in [2.24, 2.45) is 0 Å². The van der Waals surface area contributed by atoms with Gasteiger partial charge in [0.2, 0.25) is 0 Å². The van der Waals surface area contributed by atoms with Gasteiger partial charge in [-0.3, -0.25) is 4.98 Å². The summed E-state index contributed by atoms with van der Waals surface area (Å²) in [5.74, 6) is 0.894. The molecule has 1 aromatic carbocycles. The predicted octanol–water partition coefficient (Wildman–Crippen LogP) is 3.86. The molecule has 0 radical (unpaired) electrons. The lowest BCUT2D eigenvalue weighted by Gasteiger charge is -2.02. The molecule has 2 aromatic heterocycles. The zero-order valence-electron chi connectivity index (χ0n) is 11.7. The first-order valence-corrected chi connectivity index (χ1v) is 6.46. The van der Waals surface area contributed by atoms with E-state index >= 15 is 0 Å². The summed E-state index contributed by atoms with van der Waals surface area (Å²) >= 11 is 0. The van der Waals surface area contributed by atoms with Gasteiger partial charge in [-0.1, -0.05) is 0 Å². The van der Waals surface area contributed by atoms with Gasteiger partial charge in [-0.05, 0) is 63.1 Å². The molecule has 0 aliphatic rings. The molecule has 0 atom stereocenters. The SMILES string of the molecule is Cc1ccc(-c2nc3cc(C)c(C)cc3[nH]2)c(C)n1. The molecule has 0 spiro atoms. The van der Waals surface area contributed by atoms with Crippen LogP contribution in [0.3, 0.4) is 0 Å². The van der Waals surface area contributed by atoms with Crippen LogP contribution in [0.4, 0.5) is 0 Å². The number of nitrogens with one attached hydrogen (secondary N) is 1. The van der Waals surface area contributed by atoms with Crippen LogP contribution in [0, 0.1) is 27.7 Å². The molecule has 3 heteroatoms. The van der Waals surface area contributed by atoms with E-state index in [9.17, 15) is 0 Å². The highest BCUT2D eigenvalue weighted by Crippen LogP contribution is 2.24. The number of hydrogen-bond acceptors (Lipinski definition) is 2. The van der Waals surface area contributed by atoms with Gasteiger partial charge in [0, 0.05) is 17.0 Å². The zero-order chi connectivity index (χ0) is 13.6. The van der Waals surface area contributed by atoms with Gasteiger partial charge in [-0.15, -0.1) is 0 Å². The quantitative estimate of drug-likeness (QED) is 0.713. The number of rotatable bonds is 1. The fourth-order valence-electron chi connectivity index (χ4n) is 2.33. The molecule has 0 saturated heterocycles. The number of imidazole rings is 1. The number of hydrogen-bond donors (Lipinski definition) is 1. The minimum atomic E-state index is 0.894. The highest BCUT2D eigenvalue weighted by molar-refractivity contribution is 5.81. The molecule has 3 aromatic rings. The lowest BCUT2D eigenvalue weighted by molar-refractivity contribution is 1.11. The van der Waals surface area contributed by atoms with Gasteiger partial charge in [-0.2, -0.15) is 0 Å². The number of benzene rings is 1. The Morgan fingerprint density at radius 3 is 2.37 bits per heavy atom. The van der Waals surface area contributed by atoms with E-state index in [0.717, 1.165) is 33.8 Å². The fraction of sp³-hybridized carbons (Fsp3) is 0.250. The Hall–Kier alpha value is -2.16. The normalized spacial score (nSPS) is 11.2. The van der Waals surface area contributed by atoms with Crippen LogP contribution in [0.1, 0.15) is 22.5 Å². The van der Waals surface area contributed by atoms with Crippen LogP contribution in [0.5, 0.6) is 0 Å². The largest absolute Gasteiger partial charge is 0.338 e. The predicted molar refractivity (Wildman–Crippen MR) is 78.3 cm³/mol. The van der Waals surface area contributed by atoms with Crippen LogP contribution >= 0.6 is 0 Å². The van der Waals surface area contributed by atoms with Crippen LogP contribution in [-0.2, 0) is 0 Å². The zero-order valence-corrected chi connectivity index (χ0v) is 11.7. The minimum absolute atomic E-state index is 0.894. The smallest absolute Gasteiger partial charge is 0.140 e. The molecule has 3 nitrogen and oxygen atoms in total. The number of H-pyrrole nitrogens is 1. The van der Waals surface area contributed by atoms with E-state index in [4.69, 9.17) is 0 Å². The summed E-state index contributed by atoms with van der Waals surface area (Å²) in [6.45, 7) is 8.25. The molecule has 0 saturated carbocycles. The number of nitrogens with zero attached hydrogens (tertiary/aromatic N) is 2. The highest BCUT2D eigenvalue weighted by Gasteiger charge is 2.09. The summed E-state index contributed by atoms with van der Waals surface area (Å²) in [6.07, 6.45) is 0. The Bertz CT molecular complexity index is 730. The Balaban J connectivity index is 2.20. The van der Waals surface area contributed by atoms with E-state index in [1.807, 2.05) is 19.9 Å². The first kappa shape index (κ1) is 11.9. The Morgan fingerprint density at radius 1 is 0.895 bits per heavy atom. The average molecular weight is 251 g/mol. The van der Waals surface area contributed by atoms with Crippen molar-refractivity contribution in [3.8, 4) is 11.4 Å². The van der Waals surface area contributed by atoms with Crippen LogP contribution in [0.2, 0.25) is 0 Å². The van der Waals surface area contributed by atoms with E-state index in [1.165, 1.54) is 11.1 Å². The van der Waals surface area contributed by atoms with E-state index in [1.54, 1.807) is 0 Å². The second-order valence-corrected chi connectivity index (χ2v) is 5.12. The molecular formula is C16H17N3. The van der Waals surface area contributed by atoms with Crippen LogP contribution in [0.25, 0.3) is 22.4 Å². The monoisotopic (exact) mass is 251 g/mol. The second kappa shape index (κ2) is 4.19. The Morgan fingerprint density at radius 2 is 1.63 bits per heavy atom. The summed E-state index contributed by atoms with van der Waals surface area (Å²) in [7, 11) is 0. The van der Waals surface area contributed by atoms with Crippen LogP contribution in [0.15, 0.2) is 24.3 Å². The number of aryl methyl sites for hydroxylation is 4.